The van der Waals surface area contributed by atoms with Crippen molar-refractivity contribution in [1.29, 1.82) is 0 Å². The van der Waals surface area contributed by atoms with E-state index in [1.807, 2.05) is 0 Å². The van der Waals surface area contributed by atoms with E-state index in [-0.39, 0.29) is 0 Å². The average molecular weight is 316 g/mol. The van der Waals surface area contributed by atoms with Gasteiger partial charge in [0.1, 0.15) is 5.15 Å². The summed E-state index contributed by atoms with van der Waals surface area (Å²) in [7, 11) is 0. The number of nitrogens with one attached hydrogen (secondary N) is 1. The number of rotatable bonds is 6. The number of aromatic nitrogens is 1. The van der Waals surface area contributed by atoms with E-state index in [4.69, 9.17) is 23.2 Å². The lowest BCUT2D eigenvalue weighted by Gasteiger charge is -2.30. The summed E-state index contributed by atoms with van der Waals surface area (Å²) in [4.78, 5) is 6.64. The van der Waals surface area contributed by atoms with Crippen molar-refractivity contribution in [3.63, 3.8) is 0 Å². The fourth-order valence-electron chi connectivity index (χ4n) is 2.77. The minimum atomic E-state index is 0.458. The molecule has 2 heterocycles. The number of piperidine rings is 1. The first-order valence-electron chi connectivity index (χ1n) is 7.42. The van der Waals surface area contributed by atoms with Gasteiger partial charge in [-0.3, -0.25) is 4.90 Å². The van der Waals surface area contributed by atoms with Crippen LogP contribution >= 0.6 is 23.2 Å². The minimum absolute atomic E-state index is 0.458. The lowest BCUT2D eigenvalue weighted by molar-refractivity contribution is 0.198. The molecule has 5 heteroatoms. The second-order valence-electron chi connectivity index (χ2n) is 5.53. The molecule has 0 aliphatic carbocycles. The standard InChI is InChI=1S/C15H23Cl2N3/c1-2-7-20(10-12-3-5-18-6-4-12)11-13-9-19-15(17)8-14(13)16/h8-9,12,18H,2-7,10-11H2,1H3. The topological polar surface area (TPSA) is 28.2 Å². The van der Waals surface area contributed by atoms with Gasteiger partial charge in [0.05, 0.1) is 0 Å². The molecule has 0 atom stereocenters. The van der Waals surface area contributed by atoms with E-state index in [1.165, 1.54) is 12.8 Å². The van der Waals surface area contributed by atoms with Gasteiger partial charge in [0.15, 0.2) is 0 Å². The summed E-state index contributed by atoms with van der Waals surface area (Å²) in [5.74, 6) is 0.793. The monoisotopic (exact) mass is 315 g/mol. The van der Waals surface area contributed by atoms with Crippen molar-refractivity contribution in [3.8, 4) is 0 Å². The molecule has 1 saturated heterocycles. The number of nitrogens with zero attached hydrogens (tertiary/aromatic N) is 2. The first-order valence-corrected chi connectivity index (χ1v) is 8.17. The Hall–Kier alpha value is -0.350. The Balaban J connectivity index is 1.96. The van der Waals surface area contributed by atoms with Crippen molar-refractivity contribution < 1.29 is 0 Å². The molecule has 1 aliphatic rings. The molecule has 1 aromatic rings. The van der Waals surface area contributed by atoms with E-state index in [9.17, 15) is 0 Å². The highest BCUT2D eigenvalue weighted by molar-refractivity contribution is 6.34. The minimum Gasteiger partial charge on any atom is -0.317 e. The van der Waals surface area contributed by atoms with Gasteiger partial charge in [0.25, 0.3) is 0 Å². The van der Waals surface area contributed by atoms with Gasteiger partial charge in [-0.1, -0.05) is 30.1 Å². The Kier molecular flexibility index (Phi) is 6.56. The molecule has 1 aromatic heterocycles. The maximum atomic E-state index is 6.26. The predicted octanol–water partition coefficient (Wildman–Crippen LogP) is 3.60. The van der Waals surface area contributed by atoms with Gasteiger partial charge >= 0.3 is 0 Å². The molecule has 0 bridgehead atoms. The third-order valence-corrected chi connectivity index (χ3v) is 4.36. The maximum absolute atomic E-state index is 6.26. The molecule has 0 aromatic carbocycles. The summed E-state index contributed by atoms with van der Waals surface area (Å²) in [6.07, 6.45) is 5.50. The molecule has 20 heavy (non-hydrogen) atoms. The van der Waals surface area contributed by atoms with Crippen LogP contribution in [0, 0.1) is 5.92 Å². The number of hydrogen-bond acceptors (Lipinski definition) is 3. The van der Waals surface area contributed by atoms with Crippen molar-refractivity contribution in [2.75, 3.05) is 26.2 Å². The average Bonchev–Trinajstić information content (AvgIpc) is 2.43. The van der Waals surface area contributed by atoms with Gasteiger partial charge in [-0.05, 0) is 50.9 Å². The molecule has 0 radical (unpaired) electrons. The molecule has 1 fully saturated rings. The van der Waals surface area contributed by atoms with Crippen LogP contribution in [0.2, 0.25) is 10.2 Å². The van der Waals surface area contributed by atoms with Crippen LogP contribution < -0.4 is 5.32 Å². The number of halogens is 2. The van der Waals surface area contributed by atoms with E-state index in [0.29, 0.717) is 5.15 Å². The summed E-state index contributed by atoms with van der Waals surface area (Å²) >= 11 is 12.1. The molecule has 0 spiro atoms. The van der Waals surface area contributed by atoms with Crippen LogP contribution in [0.15, 0.2) is 12.3 Å². The molecule has 1 N–H and O–H groups in total. The summed E-state index contributed by atoms with van der Waals surface area (Å²) < 4.78 is 0. The van der Waals surface area contributed by atoms with E-state index in [2.05, 4.69) is 22.1 Å². The number of pyridine rings is 1. The van der Waals surface area contributed by atoms with Crippen molar-refractivity contribution >= 4 is 23.2 Å². The molecule has 0 unspecified atom stereocenters. The first-order chi connectivity index (χ1) is 9.69. The Labute approximate surface area is 131 Å². The summed E-state index contributed by atoms with van der Waals surface area (Å²) in [6.45, 7) is 7.62. The van der Waals surface area contributed by atoms with E-state index >= 15 is 0 Å². The van der Waals surface area contributed by atoms with E-state index in [1.54, 1.807) is 12.3 Å². The fraction of sp³-hybridized carbons (Fsp3) is 0.667. The van der Waals surface area contributed by atoms with Crippen LogP contribution in [0.5, 0.6) is 0 Å². The van der Waals surface area contributed by atoms with E-state index in [0.717, 1.165) is 55.6 Å². The van der Waals surface area contributed by atoms with Gasteiger partial charge in [-0.25, -0.2) is 4.98 Å². The molecule has 3 nitrogen and oxygen atoms in total. The Bertz CT molecular complexity index is 420. The zero-order valence-corrected chi connectivity index (χ0v) is 13.6. The smallest absolute Gasteiger partial charge is 0.130 e. The Morgan fingerprint density at radius 3 is 2.75 bits per heavy atom. The second-order valence-corrected chi connectivity index (χ2v) is 6.32. The first kappa shape index (κ1) is 16.0. The normalized spacial score (nSPS) is 16.8. The van der Waals surface area contributed by atoms with Crippen LogP contribution in [0.3, 0.4) is 0 Å². The zero-order chi connectivity index (χ0) is 14.4. The molecule has 112 valence electrons. The zero-order valence-electron chi connectivity index (χ0n) is 12.0. The third-order valence-electron chi connectivity index (χ3n) is 3.81. The SMILES string of the molecule is CCCN(Cc1cnc(Cl)cc1Cl)CC1CCNCC1. The molecule has 0 saturated carbocycles. The second kappa shape index (κ2) is 8.18. The largest absolute Gasteiger partial charge is 0.317 e. The highest BCUT2D eigenvalue weighted by Crippen LogP contribution is 2.22. The maximum Gasteiger partial charge on any atom is 0.130 e. The van der Waals surface area contributed by atoms with Crippen LogP contribution in [0.25, 0.3) is 0 Å². The highest BCUT2D eigenvalue weighted by Gasteiger charge is 2.17. The lowest BCUT2D eigenvalue weighted by atomic mass is 9.97. The summed E-state index contributed by atoms with van der Waals surface area (Å²) in [6, 6.07) is 1.73. The highest BCUT2D eigenvalue weighted by atomic mass is 35.5. The molecule has 1 aliphatic heterocycles. The van der Waals surface area contributed by atoms with Gasteiger partial charge in [-0.15, -0.1) is 0 Å². The van der Waals surface area contributed by atoms with Crippen molar-refractivity contribution in [3.05, 3.63) is 28.0 Å². The van der Waals surface area contributed by atoms with Gasteiger partial charge in [0, 0.05) is 29.9 Å². The quantitative estimate of drug-likeness (QED) is 0.813. The van der Waals surface area contributed by atoms with Crippen molar-refractivity contribution in [1.82, 2.24) is 15.2 Å². The molecule has 2 rings (SSSR count). The van der Waals surface area contributed by atoms with E-state index < -0.39 is 0 Å². The third kappa shape index (κ3) is 4.88. The fourth-order valence-corrected chi connectivity index (χ4v) is 3.20. The predicted molar refractivity (Wildman–Crippen MR) is 85.4 cm³/mol. The van der Waals surface area contributed by atoms with Crippen LogP contribution in [-0.2, 0) is 6.54 Å². The summed E-state index contributed by atoms with van der Waals surface area (Å²) in [5.41, 5.74) is 1.07. The van der Waals surface area contributed by atoms with Gasteiger partial charge < -0.3 is 5.32 Å². The van der Waals surface area contributed by atoms with Crippen LogP contribution in [0.1, 0.15) is 31.7 Å². The Morgan fingerprint density at radius 2 is 2.10 bits per heavy atom. The van der Waals surface area contributed by atoms with Crippen molar-refractivity contribution in [2.45, 2.75) is 32.7 Å². The van der Waals surface area contributed by atoms with Gasteiger partial charge in [-0.2, -0.15) is 0 Å². The van der Waals surface area contributed by atoms with Gasteiger partial charge in [0.2, 0.25) is 0 Å². The summed E-state index contributed by atoms with van der Waals surface area (Å²) in [5, 5.41) is 4.60. The van der Waals surface area contributed by atoms with Crippen LogP contribution in [-0.4, -0.2) is 36.1 Å². The van der Waals surface area contributed by atoms with Crippen molar-refractivity contribution in [2.24, 2.45) is 5.92 Å². The molecular formula is C15H23Cl2N3. The Morgan fingerprint density at radius 1 is 1.35 bits per heavy atom. The molecular weight excluding hydrogens is 293 g/mol. The molecule has 0 amide bonds. The number of hydrogen-bond donors (Lipinski definition) is 1. The van der Waals surface area contributed by atoms with Crippen LogP contribution in [0.4, 0.5) is 0 Å². The lowest BCUT2D eigenvalue weighted by Crippen LogP contribution is -2.36.